The number of nitrogens with zero attached hydrogens (tertiary/aromatic N) is 2. The fourth-order valence-electron chi connectivity index (χ4n) is 1.64. The summed E-state index contributed by atoms with van der Waals surface area (Å²) in [6.07, 6.45) is 0. The van der Waals surface area contributed by atoms with Gasteiger partial charge in [-0.2, -0.15) is 5.10 Å². The zero-order valence-corrected chi connectivity index (χ0v) is 11.4. The molecule has 3 aromatic rings. The molecule has 0 aliphatic rings. The molecule has 2 aromatic heterocycles. The molecule has 0 aliphatic heterocycles. The molecule has 0 bridgehead atoms. The zero-order valence-electron chi connectivity index (χ0n) is 9.74. The second-order valence-corrected chi connectivity index (χ2v) is 5.69. The summed E-state index contributed by atoms with van der Waals surface area (Å²) >= 11 is 2.47. The van der Waals surface area contributed by atoms with E-state index in [1.807, 2.05) is 41.8 Å². The molecule has 94 valence electrons. The molecule has 0 spiro atoms. The van der Waals surface area contributed by atoms with Crippen LogP contribution < -0.4 is 4.80 Å². The Balaban J connectivity index is 2.03. The number of rotatable bonds is 3. The Bertz CT molecular complexity index is 757. The molecule has 0 saturated carbocycles. The minimum Gasteiger partial charge on any atom is -0.285 e. The van der Waals surface area contributed by atoms with E-state index in [9.17, 15) is 4.79 Å². The second kappa shape index (κ2) is 4.91. The molecule has 1 N–H and O–H groups in total. The molecule has 0 fully saturated rings. The largest absolute Gasteiger partial charge is 0.285 e. The van der Waals surface area contributed by atoms with Crippen LogP contribution in [0.5, 0.6) is 0 Å². The van der Waals surface area contributed by atoms with Crippen LogP contribution in [0.1, 0.15) is 14.7 Å². The normalized spacial score (nSPS) is 10.5. The minimum atomic E-state index is -0.122. The molecule has 0 radical (unpaired) electrons. The molecular formula is C13H9N3OS2. The van der Waals surface area contributed by atoms with Gasteiger partial charge in [-0.15, -0.1) is 11.3 Å². The summed E-state index contributed by atoms with van der Waals surface area (Å²) in [5, 5.41) is 14.4. The summed E-state index contributed by atoms with van der Waals surface area (Å²) in [6.45, 7) is 0. The van der Waals surface area contributed by atoms with E-state index in [1.165, 1.54) is 16.0 Å². The third kappa shape index (κ3) is 2.27. The number of nitrogens with one attached hydrogen (secondary N) is 1. The van der Waals surface area contributed by atoms with Crippen molar-refractivity contribution in [2.45, 2.75) is 0 Å². The first-order valence-corrected chi connectivity index (χ1v) is 7.24. The molecule has 0 atom stereocenters. The number of benzene rings is 1. The molecule has 4 nitrogen and oxygen atoms in total. The van der Waals surface area contributed by atoms with Crippen molar-refractivity contribution in [1.82, 2.24) is 9.78 Å². The van der Waals surface area contributed by atoms with Gasteiger partial charge in [-0.05, 0) is 23.6 Å². The van der Waals surface area contributed by atoms with E-state index in [0.29, 0.717) is 9.88 Å². The van der Waals surface area contributed by atoms with E-state index in [0.717, 1.165) is 17.0 Å². The van der Waals surface area contributed by atoms with Crippen LogP contribution in [0.3, 0.4) is 0 Å². The second-order valence-electron chi connectivity index (χ2n) is 3.77. The van der Waals surface area contributed by atoms with Crippen molar-refractivity contribution >= 4 is 28.5 Å². The summed E-state index contributed by atoms with van der Waals surface area (Å²) in [4.78, 5) is 13.1. The Kier molecular flexibility index (Phi) is 3.10. The van der Waals surface area contributed by atoms with E-state index < -0.39 is 0 Å². The van der Waals surface area contributed by atoms with Crippen molar-refractivity contribution in [3.05, 3.63) is 62.5 Å². The minimum absolute atomic E-state index is 0.122. The number of hydrogen-bond donors (Lipinski definition) is 1. The van der Waals surface area contributed by atoms with Gasteiger partial charge >= 0.3 is 0 Å². The number of para-hydroxylation sites is 1. The Labute approximate surface area is 117 Å². The van der Waals surface area contributed by atoms with Crippen LogP contribution in [0, 0.1) is 5.41 Å². The van der Waals surface area contributed by atoms with E-state index in [-0.39, 0.29) is 10.6 Å². The highest BCUT2D eigenvalue weighted by Crippen LogP contribution is 2.15. The summed E-state index contributed by atoms with van der Waals surface area (Å²) in [5.74, 6) is -0.122. The van der Waals surface area contributed by atoms with E-state index in [1.54, 1.807) is 6.07 Å². The zero-order chi connectivity index (χ0) is 13.2. The van der Waals surface area contributed by atoms with Crippen LogP contribution in [0.4, 0.5) is 0 Å². The van der Waals surface area contributed by atoms with E-state index >= 15 is 0 Å². The van der Waals surface area contributed by atoms with Gasteiger partial charge in [0.1, 0.15) is 0 Å². The van der Waals surface area contributed by atoms with Gasteiger partial charge in [0.25, 0.3) is 0 Å². The Hall–Kier alpha value is -2.05. The van der Waals surface area contributed by atoms with Crippen LogP contribution in [0.15, 0.2) is 47.8 Å². The summed E-state index contributed by atoms with van der Waals surface area (Å²) < 4.78 is 1.48. The standard InChI is InChI=1S/C13H9N3OS2/c14-13-16(9-5-2-1-3-6-9)15-12(19-13)11(17)10-7-4-8-18-10/h1-8,14H. The highest BCUT2D eigenvalue weighted by molar-refractivity contribution is 7.15. The van der Waals surface area contributed by atoms with Crippen LogP contribution in [-0.2, 0) is 0 Å². The number of aromatic nitrogens is 2. The number of carbonyl (C=O) groups is 1. The number of thiophene rings is 1. The van der Waals surface area contributed by atoms with Gasteiger partial charge in [-0.25, -0.2) is 4.68 Å². The van der Waals surface area contributed by atoms with Crippen LogP contribution in [-0.4, -0.2) is 15.6 Å². The molecule has 1 aromatic carbocycles. The molecular weight excluding hydrogens is 278 g/mol. The summed E-state index contributed by atoms with van der Waals surface area (Å²) in [6, 6.07) is 13.0. The van der Waals surface area contributed by atoms with Gasteiger partial charge < -0.3 is 0 Å². The topological polar surface area (TPSA) is 58.7 Å². The lowest BCUT2D eigenvalue weighted by atomic mass is 10.3. The van der Waals surface area contributed by atoms with E-state index in [2.05, 4.69) is 5.10 Å². The lowest BCUT2D eigenvalue weighted by Gasteiger charge is -1.98. The van der Waals surface area contributed by atoms with Crippen molar-refractivity contribution in [1.29, 1.82) is 5.41 Å². The van der Waals surface area contributed by atoms with Crippen molar-refractivity contribution in [2.24, 2.45) is 0 Å². The van der Waals surface area contributed by atoms with Crippen molar-refractivity contribution in [2.75, 3.05) is 0 Å². The van der Waals surface area contributed by atoms with Gasteiger partial charge in [0.05, 0.1) is 10.6 Å². The quantitative estimate of drug-likeness (QED) is 0.753. The predicted octanol–water partition coefficient (Wildman–Crippen LogP) is 2.71. The Morgan fingerprint density at radius 1 is 1.16 bits per heavy atom. The molecule has 0 amide bonds. The summed E-state index contributed by atoms with van der Waals surface area (Å²) in [5.41, 5.74) is 0.786. The molecule has 19 heavy (non-hydrogen) atoms. The van der Waals surface area contributed by atoms with Gasteiger partial charge in [-0.3, -0.25) is 10.2 Å². The molecule has 0 aliphatic carbocycles. The van der Waals surface area contributed by atoms with Gasteiger partial charge in [0, 0.05) is 0 Å². The first-order chi connectivity index (χ1) is 9.25. The molecule has 6 heteroatoms. The molecule has 0 unspecified atom stereocenters. The Morgan fingerprint density at radius 2 is 1.95 bits per heavy atom. The molecule has 0 saturated heterocycles. The molecule has 2 heterocycles. The van der Waals surface area contributed by atoms with Crippen LogP contribution in [0.25, 0.3) is 5.69 Å². The van der Waals surface area contributed by atoms with Crippen molar-refractivity contribution < 1.29 is 4.79 Å². The monoisotopic (exact) mass is 287 g/mol. The molecule has 3 rings (SSSR count). The fraction of sp³-hybridized carbons (Fsp3) is 0. The average molecular weight is 287 g/mol. The SMILES string of the molecule is N=c1sc(C(=O)c2cccs2)nn1-c1ccccc1. The fourth-order valence-corrected chi connectivity index (χ4v) is 3.11. The third-order valence-electron chi connectivity index (χ3n) is 2.52. The first-order valence-electron chi connectivity index (χ1n) is 5.54. The maximum atomic E-state index is 12.2. The predicted molar refractivity (Wildman–Crippen MR) is 75.0 cm³/mol. The smallest absolute Gasteiger partial charge is 0.233 e. The average Bonchev–Trinajstić information content (AvgIpc) is 3.08. The van der Waals surface area contributed by atoms with Gasteiger partial charge in [-0.1, -0.05) is 35.6 Å². The van der Waals surface area contributed by atoms with Gasteiger partial charge in [0.2, 0.25) is 10.6 Å². The van der Waals surface area contributed by atoms with Crippen molar-refractivity contribution in [3.63, 3.8) is 0 Å². The van der Waals surface area contributed by atoms with Gasteiger partial charge in [0.15, 0.2) is 5.01 Å². The lowest BCUT2D eigenvalue weighted by Crippen LogP contribution is -2.12. The number of ketones is 1. The highest BCUT2D eigenvalue weighted by Gasteiger charge is 2.16. The van der Waals surface area contributed by atoms with Crippen molar-refractivity contribution in [3.8, 4) is 5.69 Å². The van der Waals surface area contributed by atoms with Crippen LogP contribution in [0.2, 0.25) is 0 Å². The first kappa shape index (κ1) is 12.0. The summed E-state index contributed by atoms with van der Waals surface area (Å²) in [7, 11) is 0. The maximum absolute atomic E-state index is 12.2. The Morgan fingerprint density at radius 3 is 2.63 bits per heavy atom. The number of hydrogen-bond acceptors (Lipinski definition) is 5. The maximum Gasteiger partial charge on any atom is 0.233 e. The lowest BCUT2D eigenvalue weighted by molar-refractivity contribution is 0.104. The van der Waals surface area contributed by atoms with E-state index in [4.69, 9.17) is 5.41 Å². The third-order valence-corrected chi connectivity index (χ3v) is 4.21. The van der Waals surface area contributed by atoms with Crippen LogP contribution >= 0.6 is 22.7 Å². The highest BCUT2D eigenvalue weighted by atomic mass is 32.1. The number of carbonyl (C=O) groups excluding carboxylic acids is 1.